The number of hydrogen-bond acceptors (Lipinski definition) is 4. The predicted molar refractivity (Wildman–Crippen MR) is 78.3 cm³/mol. The van der Waals surface area contributed by atoms with Gasteiger partial charge in [-0.2, -0.15) is 0 Å². The molecule has 19 heavy (non-hydrogen) atoms. The summed E-state index contributed by atoms with van der Waals surface area (Å²) in [6, 6.07) is 8.45. The van der Waals surface area contributed by atoms with Gasteiger partial charge < -0.3 is 9.88 Å². The van der Waals surface area contributed by atoms with Crippen molar-refractivity contribution in [2.45, 2.75) is 12.5 Å². The van der Waals surface area contributed by atoms with Crippen LogP contribution >= 0.6 is 11.3 Å². The summed E-state index contributed by atoms with van der Waals surface area (Å²) in [6.07, 6.45) is 4.66. The predicted octanol–water partition coefficient (Wildman–Crippen LogP) is 2.53. The Labute approximate surface area is 116 Å². The van der Waals surface area contributed by atoms with Gasteiger partial charge in [0.25, 0.3) is 0 Å². The second-order valence-electron chi connectivity index (χ2n) is 4.52. The van der Waals surface area contributed by atoms with Crippen molar-refractivity contribution in [3.8, 4) is 0 Å². The normalized spacial score (nSPS) is 12.9. The molecule has 1 unspecified atom stereocenters. The maximum atomic E-state index is 4.68. The summed E-state index contributed by atoms with van der Waals surface area (Å²) < 4.78 is 3.29. The van der Waals surface area contributed by atoms with Crippen molar-refractivity contribution in [1.82, 2.24) is 19.9 Å². The first-order chi connectivity index (χ1) is 9.28. The number of rotatable bonds is 4. The van der Waals surface area contributed by atoms with Crippen molar-refractivity contribution in [2.75, 3.05) is 7.05 Å². The lowest BCUT2D eigenvalue weighted by molar-refractivity contribution is 0.537. The Bertz CT molecular complexity index is 652. The Morgan fingerprint density at radius 1 is 1.37 bits per heavy atom. The number of thiazole rings is 1. The van der Waals surface area contributed by atoms with Crippen molar-refractivity contribution in [3.63, 3.8) is 0 Å². The molecule has 0 fully saturated rings. The van der Waals surface area contributed by atoms with E-state index in [-0.39, 0.29) is 6.04 Å². The molecule has 5 heteroatoms. The van der Waals surface area contributed by atoms with Crippen molar-refractivity contribution >= 4 is 21.6 Å². The lowest BCUT2D eigenvalue weighted by Crippen LogP contribution is -2.22. The molecular formula is C14H16N4S. The maximum absolute atomic E-state index is 4.68. The average Bonchev–Trinajstić information content (AvgIpc) is 3.01. The van der Waals surface area contributed by atoms with Crippen LogP contribution in [-0.4, -0.2) is 21.6 Å². The van der Waals surface area contributed by atoms with Crippen molar-refractivity contribution in [2.24, 2.45) is 7.05 Å². The fourth-order valence-corrected chi connectivity index (χ4v) is 3.23. The molecule has 0 aliphatic heterocycles. The number of fused-ring (bicyclic) bond motifs is 1. The van der Waals surface area contributed by atoms with Crippen LogP contribution in [0.4, 0.5) is 0 Å². The maximum Gasteiger partial charge on any atom is 0.126 e. The second-order valence-corrected chi connectivity index (χ2v) is 5.63. The zero-order chi connectivity index (χ0) is 13.2. The largest absolute Gasteiger partial charge is 0.337 e. The van der Waals surface area contributed by atoms with Gasteiger partial charge in [-0.05, 0) is 19.2 Å². The van der Waals surface area contributed by atoms with Crippen molar-refractivity contribution < 1.29 is 0 Å². The molecular weight excluding hydrogens is 256 g/mol. The number of likely N-dealkylation sites (N-methyl/N-ethyl adjacent to an activating group) is 1. The molecule has 0 saturated heterocycles. The molecule has 0 bridgehead atoms. The van der Waals surface area contributed by atoms with Crippen LogP contribution in [-0.2, 0) is 13.5 Å². The van der Waals surface area contributed by atoms with Gasteiger partial charge in [0.1, 0.15) is 5.82 Å². The lowest BCUT2D eigenvalue weighted by atomic mass is 10.2. The third-order valence-electron chi connectivity index (χ3n) is 3.24. The molecule has 1 atom stereocenters. The number of hydrogen-bond donors (Lipinski definition) is 1. The third kappa shape index (κ3) is 2.39. The molecule has 4 nitrogen and oxygen atoms in total. The quantitative estimate of drug-likeness (QED) is 0.793. The Hall–Kier alpha value is -1.72. The molecule has 3 rings (SSSR count). The second kappa shape index (κ2) is 5.11. The number of para-hydroxylation sites is 1. The van der Waals surface area contributed by atoms with E-state index in [2.05, 4.69) is 38.1 Å². The van der Waals surface area contributed by atoms with E-state index in [0.717, 1.165) is 22.8 Å². The highest BCUT2D eigenvalue weighted by Crippen LogP contribution is 2.25. The zero-order valence-electron chi connectivity index (χ0n) is 11.0. The number of aromatic nitrogens is 3. The van der Waals surface area contributed by atoms with E-state index < -0.39 is 0 Å². The highest BCUT2D eigenvalue weighted by atomic mass is 32.1. The highest BCUT2D eigenvalue weighted by molar-refractivity contribution is 7.18. The van der Waals surface area contributed by atoms with Gasteiger partial charge in [-0.3, -0.25) is 0 Å². The first kappa shape index (κ1) is 12.3. The molecule has 2 aromatic heterocycles. The lowest BCUT2D eigenvalue weighted by Gasteiger charge is -2.14. The van der Waals surface area contributed by atoms with Gasteiger partial charge in [0.05, 0.1) is 21.3 Å². The van der Waals surface area contributed by atoms with Crippen LogP contribution in [0.2, 0.25) is 0 Å². The monoisotopic (exact) mass is 272 g/mol. The molecule has 1 N–H and O–H groups in total. The molecule has 98 valence electrons. The van der Waals surface area contributed by atoms with Crippen LogP contribution in [0.15, 0.2) is 36.7 Å². The standard InChI is InChI=1S/C14H16N4S/c1-15-11(14-16-7-8-18(14)2)9-13-17-10-5-3-4-6-12(10)19-13/h3-8,11,15H,9H2,1-2H3. The van der Waals surface area contributed by atoms with Gasteiger partial charge >= 0.3 is 0 Å². The Balaban J connectivity index is 1.88. The van der Waals surface area contributed by atoms with Crippen LogP contribution in [0, 0.1) is 0 Å². The summed E-state index contributed by atoms with van der Waals surface area (Å²) in [7, 11) is 3.98. The van der Waals surface area contributed by atoms with E-state index >= 15 is 0 Å². The molecule has 0 saturated carbocycles. The van der Waals surface area contributed by atoms with Crippen molar-refractivity contribution in [3.05, 3.63) is 47.5 Å². The minimum absolute atomic E-state index is 0.195. The average molecular weight is 272 g/mol. The van der Waals surface area contributed by atoms with Crippen molar-refractivity contribution in [1.29, 1.82) is 0 Å². The van der Waals surface area contributed by atoms with Gasteiger partial charge in [0.15, 0.2) is 0 Å². The van der Waals surface area contributed by atoms with Gasteiger partial charge in [-0.25, -0.2) is 9.97 Å². The fraction of sp³-hybridized carbons (Fsp3) is 0.286. The molecule has 0 radical (unpaired) electrons. The van der Waals surface area contributed by atoms with Gasteiger partial charge in [0, 0.05) is 25.9 Å². The topological polar surface area (TPSA) is 42.7 Å². The molecule has 3 aromatic rings. The van der Waals surface area contributed by atoms with Crippen LogP contribution < -0.4 is 5.32 Å². The number of nitrogens with one attached hydrogen (secondary N) is 1. The van der Waals surface area contributed by atoms with Gasteiger partial charge in [-0.15, -0.1) is 11.3 Å². The van der Waals surface area contributed by atoms with Crippen LogP contribution in [0.25, 0.3) is 10.2 Å². The molecule has 0 amide bonds. The Morgan fingerprint density at radius 3 is 2.89 bits per heavy atom. The SMILES string of the molecule is CNC(Cc1nc2ccccc2s1)c1nccn1C. The molecule has 0 aliphatic rings. The van der Waals surface area contributed by atoms with E-state index in [1.165, 1.54) is 4.70 Å². The first-order valence-electron chi connectivity index (χ1n) is 6.27. The summed E-state index contributed by atoms with van der Waals surface area (Å²) in [5.41, 5.74) is 1.08. The Kier molecular flexibility index (Phi) is 3.31. The molecule has 0 aliphatic carbocycles. The summed E-state index contributed by atoms with van der Waals surface area (Å²) in [5, 5.41) is 4.46. The number of imidazole rings is 1. The van der Waals surface area contributed by atoms with Crippen LogP contribution in [0.1, 0.15) is 16.9 Å². The molecule has 0 spiro atoms. The summed E-state index contributed by atoms with van der Waals surface area (Å²) in [6.45, 7) is 0. The van der Waals surface area contributed by atoms with E-state index in [4.69, 9.17) is 0 Å². The minimum atomic E-state index is 0.195. The van der Waals surface area contributed by atoms with Crippen LogP contribution in [0.3, 0.4) is 0 Å². The fourth-order valence-electron chi connectivity index (χ4n) is 2.22. The minimum Gasteiger partial charge on any atom is -0.337 e. The van der Waals surface area contributed by atoms with Gasteiger partial charge in [0.2, 0.25) is 0 Å². The van der Waals surface area contributed by atoms with E-state index in [1.54, 1.807) is 11.3 Å². The molecule has 2 heterocycles. The number of benzene rings is 1. The van der Waals surface area contributed by atoms with E-state index in [0.29, 0.717) is 0 Å². The summed E-state index contributed by atoms with van der Waals surface area (Å²) in [5.74, 6) is 1.04. The summed E-state index contributed by atoms with van der Waals surface area (Å²) in [4.78, 5) is 9.10. The zero-order valence-corrected chi connectivity index (χ0v) is 11.8. The summed E-state index contributed by atoms with van der Waals surface area (Å²) >= 11 is 1.76. The number of aryl methyl sites for hydroxylation is 1. The Morgan fingerprint density at radius 2 is 2.21 bits per heavy atom. The smallest absolute Gasteiger partial charge is 0.126 e. The third-order valence-corrected chi connectivity index (χ3v) is 4.29. The number of nitrogens with zero attached hydrogens (tertiary/aromatic N) is 3. The van der Waals surface area contributed by atoms with Gasteiger partial charge in [-0.1, -0.05) is 12.1 Å². The van der Waals surface area contributed by atoms with E-state index in [1.807, 2.05) is 32.6 Å². The molecule has 1 aromatic carbocycles. The van der Waals surface area contributed by atoms with E-state index in [9.17, 15) is 0 Å². The first-order valence-corrected chi connectivity index (χ1v) is 7.08. The van der Waals surface area contributed by atoms with Crippen LogP contribution in [0.5, 0.6) is 0 Å². The highest BCUT2D eigenvalue weighted by Gasteiger charge is 2.16.